The Morgan fingerprint density at radius 2 is 0.649 bits per heavy atom. The van der Waals surface area contributed by atoms with Crippen LogP contribution in [0, 0.1) is 11.8 Å². The Hall–Kier alpha value is -2.43. The van der Waals surface area contributed by atoms with Crippen LogP contribution in [0.25, 0.3) is 16.9 Å². The van der Waals surface area contributed by atoms with Crippen molar-refractivity contribution in [2.45, 2.75) is 363 Å². The molecule has 3 heteroatoms. The molecule has 0 unspecified atom stereocenters. The SMILES string of the molecule is CCCCCCCCC#CC1=C(c2cc(CC)c(CC)c(CC)c2)[N+](=[N-])C(c2cc(CC)c(CC)c(CC)c2)=C1CCCC.CCCCCCCCCCCCCCC[CH2][Ni][CH2]CCCCCCCCCCCCCCC. The van der Waals surface area contributed by atoms with Gasteiger partial charge in [-0.15, -0.1) is 0 Å². The third-order valence-corrected chi connectivity index (χ3v) is 18.1. The molecule has 2 aromatic rings. The molecule has 0 atom stereocenters. The van der Waals surface area contributed by atoms with Crippen LogP contribution in [-0.4, -0.2) is 4.70 Å². The van der Waals surface area contributed by atoms with Crippen molar-refractivity contribution in [3.8, 4) is 11.8 Å². The van der Waals surface area contributed by atoms with Gasteiger partial charge in [0.1, 0.15) is 5.57 Å². The van der Waals surface area contributed by atoms with Crippen LogP contribution in [0.5, 0.6) is 0 Å². The maximum absolute atomic E-state index is 12.3. The molecule has 0 saturated heterocycles. The van der Waals surface area contributed by atoms with Gasteiger partial charge in [0.05, 0.1) is 0 Å². The number of hydrogen-bond donors (Lipinski definition) is 0. The zero-order valence-electron chi connectivity index (χ0n) is 53.0. The van der Waals surface area contributed by atoms with E-state index in [9.17, 15) is 5.53 Å². The van der Waals surface area contributed by atoms with E-state index in [4.69, 9.17) is 0 Å². The molecular weight excluding hydrogens is 976 g/mol. The summed E-state index contributed by atoms with van der Waals surface area (Å²) in [5.74, 6) is 7.26. The van der Waals surface area contributed by atoms with Gasteiger partial charge in [0, 0.05) is 23.1 Å². The van der Waals surface area contributed by atoms with Crippen molar-refractivity contribution < 1.29 is 19.1 Å². The van der Waals surface area contributed by atoms with E-state index in [2.05, 4.69) is 105 Å². The Balaban J connectivity index is 0.000000552. The minimum Gasteiger partial charge on any atom is -0.0654 e. The predicted molar refractivity (Wildman–Crippen MR) is 342 cm³/mol. The molecule has 442 valence electrons. The molecular formula is C74H126N2Ni. The summed E-state index contributed by atoms with van der Waals surface area (Å²) in [6.07, 6.45) is 58.9. The van der Waals surface area contributed by atoms with Crippen LogP contribution in [0.3, 0.4) is 0 Å². The van der Waals surface area contributed by atoms with Crippen LogP contribution in [0.2, 0.25) is 10.8 Å². The van der Waals surface area contributed by atoms with Crippen molar-refractivity contribution in [1.29, 1.82) is 0 Å². The van der Waals surface area contributed by atoms with Crippen LogP contribution in [0.4, 0.5) is 0 Å². The van der Waals surface area contributed by atoms with Gasteiger partial charge in [0.15, 0.2) is 0 Å². The minimum absolute atomic E-state index is 0.879. The van der Waals surface area contributed by atoms with Gasteiger partial charge in [0.25, 0.3) is 0 Å². The first kappa shape index (κ1) is 70.7. The third kappa shape index (κ3) is 29.2. The molecule has 0 N–H and O–H groups in total. The summed E-state index contributed by atoms with van der Waals surface area (Å²) in [6.45, 7) is 22.7. The first-order chi connectivity index (χ1) is 37.8. The average Bonchev–Trinajstić information content (AvgIpc) is 3.76. The van der Waals surface area contributed by atoms with Gasteiger partial charge in [-0.05, 0) is 115 Å². The second kappa shape index (κ2) is 48.3. The van der Waals surface area contributed by atoms with Crippen molar-refractivity contribution in [2.24, 2.45) is 0 Å². The number of allylic oxidation sites excluding steroid dienone is 2. The van der Waals surface area contributed by atoms with Crippen molar-refractivity contribution >= 4 is 11.4 Å². The molecule has 0 amide bonds. The smallest absolute Gasteiger partial charge is 0.0654 e. The van der Waals surface area contributed by atoms with Crippen LogP contribution in [0.15, 0.2) is 35.4 Å². The summed E-state index contributed by atoms with van der Waals surface area (Å²) in [6, 6.07) is 9.37. The van der Waals surface area contributed by atoms with Gasteiger partial charge < -0.3 is 5.53 Å². The van der Waals surface area contributed by atoms with E-state index in [1.807, 2.05) is 14.4 Å². The summed E-state index contributed by atoms with van der Waals surface area (Å²) in [5, 5.41) is 2.87. The molecule has 0 spiro atoms. The molecule has 0 saturated carbocycles. The number of unbranched alkanes of at least 4 members (excludes halogenated alkanes) is 33. The van der Waals surface area contributed by atoms with Crippen LogP contribution < -0.4 is 0 Å². The standard InChI is InChI=1S/C42H60N2.2C16H33.Ni/c1-9-17-19-20-21-22-23-24-26-40-39(25-18-10-2)41(35-27-31(11-3)37(15-7)32(12-4)28-35)44(43)42(40)36-29-33(13-5)38(16-8)34(14-6)30-36;2*1-3-5-7-9-11-13-15-16-14-12-10-8-6-4-2;/h27-30H,9-23,25H2,1-8H3;2*1,3-16H2,2H3;. The van der Waals surface area contributed by atoms with Crippen LogP contribution in [-0.2, 0) is 53.0 Å². The minimum atomic E-state index is 0.879. The molecule has 0 aromatic heterocycles. The molecule has 3 rings (SSSR count). The van der Waals surface area contributed by atoms with E-state index in [0.717, 1.165) is 98.7 Å². The van der Waals surface area contributed by atoms with Gasteiger partial charge in [0.2, 0.25) is 11.4 Å². The third-order valence-electron chi connectivity index (χ3n) is 16.7. The fourth-order valence-electron chi connectivity index (χ4n) is 11.9. The van der Waals surface area contributed by atoms with Gasteiger partial charge in [-0.3, -0.25) is 0 Å². The maximum atomic E-state index is 12.3. The van der Waals surface area contributed by atoms with Crippen molar-refractivity contribution in [3.63, 3.8) is 0 Å². The van der Waals surface area contributed by atoms with Crippen molar-refractivity contribution in [3.05, 3.63) is 85.5 Å². The number of hydrogen-bond acceptors (Lipinski definition) is 0. The number of benzene rings is 2. The van der Waals surface area contributed by atoms with Crippen LogP contribution >= 0.6 is 0 Å². The number of aryl methyl sites for hydroxylation is 4. The summed E-state index contributed by atoms with van der Waals surface area (Å²) >= 11 is 2.04. The van der Waals surface area contributed by atoms with E-state index in [1.165, 1.54) is 266 Å². The summed E-state index contributed by atoms with van der Waals surface area (Å²) < 4.78 is 1.53. The normalized spacial score (nSPS) is 12.5. The number of rotatable bonds is 47. The quantitative estimate of drug-likeness (QED) is 0.0273. The topological polar surface area (TPSA) is 25.3 Å². The van der Waals surface area contributed by atoms with Crippen LogP contribution in [0.1, 0.15) is 358 Å². The Bertz CT molecular complexity index is 1850. The summed E-state index contributed by atoms with van der Waals surface area (Å²) in [4.78, 5) is 0. The zero-order valence-corrected chi connectivity index (χ0v) is 54.0. The first-order valence-corrected chi connectivity index (χ1v) is 35.5. The molecule has 0 radical (unpaired) electrons. The summed E-state index contributed by atoms with van der Waals surface area (Å²) in [5.41, 5.74) is 27.1. The van der Waals surface area contributed by atoms with Gasteiger partial charge >= 0.3 is 166 Å². The first-order valence-electron chi connectivity index (χ1n) is 34.1. The number of nitrogens with zero attached hydrogens (tertiary/aromatic N) is 2. The Kier molecular flexibility index (Phi) is 44.3. The van der Waals surface area contributed by atoms with Gasteiger partial charge in [-0.2, -0.15) is 0 Å². The monoisotopic (exact) mass is 1100 g/mol. The Morgan fingerprint density at radius 1 is 0.351 bits per heavy atom. The molecule has 1 heterocycles. The van der Waals surface area contributed by atoms with Gasteiger partial charge in [-0.1, -0.05) is 158 Å². The van der Waals surface area contributed by atoms with Crippen molar-refractivity contribution in [1.82, 2.24) is 0 Å². The van der Waals surface area contributed by atoms with E-state index in [-0.39, 0.29) is 0 Å². The van der Waals surface area contributed by atoms with E-state index >= 15 is 0 Å². The molecule has 0 aliphatic carbocycles. The Labute approximate surface area is 487 Å². The molecule has 1 aliphatic rings. The second-order valence-electron chi connectivity index (χ2n) is 23.1. The average molecular weight is 1100 g/mol. The summed E-state index contributed by atoms with van der Waals surface area (Å²) in [7, 11) is 0. The second-order valence-corrected chi connectivity index (χ2v) is 24.6. The van der Waals surface area contributed by atoms with E-state index < -0.39 is 0 Å². The van der Waals surface area contributed by atoms with E-state index in [0.29, 0.717) is 0 Å². The molecule has 0 fully saturated rings. The predicted octanol–water partition coefficient (Wildman–Crippen LogP) is 25.0. The molecule has 77 heavy (non-hydrogen) atoms. The zero-order chi connectivity index (χ0) is 56.0. The van der Waals surface area contributed by atoms with Gasteiger partial charge in [-0.25, -0.2) is 4.70 Å². The molecule has 0 bridgehead atoms. The fourth-order valence-corrected chi connectivity index (χ4v) is 13.1. The molecule has 1 aliphatic heterocycles. The Morgan fingerprint density at radius 3 is 0.961 bits per heavy atom. The van der Waals surface area contributed by atoms with Crippen molar-refractivity contribution in [2.75, 3.05) is 0 Å². The molecule has 2 nitrogen and oxygen atoms in total. The molecule has 2 aromatic carbocycles. The fraction of sp³-hybridized carbons (Fsp3) is 0.757. The van der Waals surface area contributed by atoms with E-state index in [1.54, 1.807) is 0 Å².